The number of rotatable bonds is 5. The number of H-pyrrole nitrogens is 1. The largest absolute Gasteiger partial charge is 0.534 e. The molecular formula is C31H32F3N3O5S. The van der Waals surface area contributed by atoms with Crippen molar-refractivity contribution in [2.45, 2.75) is 70.0 Å². The third-order valence-corrected chi connectivity index (χ3v) is 9.23. The summed E-state index contributed by atoms with van der Waals surface area (Å²) in [5.41, 5.74) is -0.344. The summed E-state index contributed by atoms with van der Waals surface area (Å²) in [6.45, 7) is 7.87. The first-order valence-electron chi connectivity index (χ1n) is 14.1. The number of fused-ring (bicyclic) bond motifs is 3. The van der Waals surface area contributed by atoms with Crippen LogP contribution in [0.4, 0.5) is 18.0 Å². The fraction of sp³-hybridized carbons (Fsp3) is 0.419. The Morgan fingerprint density at radius 2 is 1.74 bits per heavy atom. The number of amides is 1. The Morgan fingerprint density at radius 3 is 2.37 bits per heavy atom. The zero-order valence-electron chi connectivity index (χ0n) is 24.2. The predicted octanol–water partition coefficient (Wildman–Crippen LogP) is 7.26. The van der Waals surface area contributed by atoms with Gasteiger partial charge in [-0.25, -0.2) is 9.78 Å². The maximum atomic E-state index is 13.0. The van der Waals surface area contributed by atoms with Gasteiger partial charge in [-0.05, 0) is 87.1 Å². The number of carbonyl (C=O) groups excluding carboxylic acids is 1. The Kier molecular flexibility index (Phi) is 6.91. The number of nitrogens with zero attached hydrogens (tertiary/aromatic N) is 2. The third-order valence-electron chi connectivity index (χ3n) is 8.26. The Bertz CT molecular complexity index is 1720. The van der Waals surface area contributed by atoms with Gasteiger partial charge in [-0.15, -0.1) is 0 Å². The number of hydrogen-bond acceptors (Lipinski definition) is 6. The minimum atomic E-state index is -5.77. The molecule has 1 amide bonds. The van der Waals surface area contributed by atoms with Gasteiger partial charge in [0.15, 0.2) is 0 Å². The fourth-order valence-corrected chi connectivity index (χ4v) is 6.68. The number of carbonyl (C=O) groups is 1. The highest BCUT2D eigenvalue weighted by atomic mass is 32.2. The molecule has 0 saturated heterocycles. The van der Waals surface area contributed by atoms with Gasteiger partial charge in [0, 0.05) is 12.1 Å². The van der Waals surface area contributed by atoms with E-state index in [2.05, 4.69) is 14.2 Å². The third kappa shape index (κ3) is 5.41. The molecule has 3 aromatic rings. The number of hydrogen-bond donors (Lipinski definition) is 1. The van der Waals surface area contributed by atoms with Crippen LogP contribution >= 0.6 is 0 Å². The highest BCUT2D eigenvalue weighted by molar-refractivity contribution is 7.88. The smallest absolute Gasteiger partial charge is 0.444 e. The van der Waals surface area contributed by atoms with Crippen LogP contribution in [0.3, 0.4) is 0 Å². The van der Waals surface area contributed by atoms with E-state index in [4.69, 9.17) is 4.74 Å². The zero-order valence-corrected chi connectivity index (χ0v) is 25.0. The van der Waals surface area contributed by atoms with Crippen molar-refractivity contribution in [3.63, 3.8) is 0 Å². The summed E-state index contributed by atoms with van der Waals surface area (Å²) >= 11 is 0. The van der Waals surface area contributed by atoms with Crippen LogP contribution in [0.5, 0.6) is 5.75 Å². The summed E-state index contributed by atoms with van der Waals surface area (Å²) in [5.74, 6) is 0.792. The van der Waals surface area contributed by atoms with Crippen LogP contribution in [-0.2, 0) is 21.3 Å². The Morgan fingerprint density at radius 1 is 1.05 bits per heavy atom. The van der Waals surface area contributed by atoms with Gasteiger partial charge in [0.05, 0.1) is 11.9 Å². The standard InChI is InChI=1S/C31H32F3N3O5S/c1-17-13-25(37(16-17)29(38)41-30(2,3)4)28-35-15-24(36-28)19-7-5-18(6-8-19)21-11-12-26(42-43(39,40)31(32,33)34)23-14-20-9-10-22(20)27(21)23/h5-8,11-13,15,20,22,25H,9-10,14,16H2,1-4H3,(H,35,36)/t20?,22?,25-/m0/s1. The molecule has 2 unspecified atom stereocenters. The maximum Gasteiger partial charge on any atom is 0.534 e. The maximum absolute atomic E-state index is 13.0. The lowest BCUT2D eigenvalue weighted by Gasteiger charge is -2.31. The van der Waals surface area contributed by atoms with E-state index in [0.717, 1.165) is 46.4 Å². The van der Waals surface area contributed by atoms with Gasteiger partial charge in [-0.3, -0.25) is 4.90 Å². The van der Waals surface area contributed by atoms with Gasteiger partial charge in [-0.2, -0.15) is 21.6 Å². The summed E-state index contributed by atoms with van der Waals surface area (Å²) in [6.07, 6.45) is 5.60. The molecule has 1 N–H and O–H groups in total. The fourth-order valence-electron chi connectivity index (χ4n) is 6.20. The molecule has 228 valence electrons. The van der Waals surface area contributed by atoms with E-state index < -0.39 is 27.3 Å². The van der Waals surface area contributed by atoms with Crippen LogP contribution in [0.25, 0.3) is 22.4 Å². The van der Waals surface area contributed by atoms with Crippen molar-refractivity contribution in [2.24, 2.45) is 5.92 Å². The van der Waals surface area contributed by atoms with Crippen LogP contribution < -0.4 is 4.18 Å². The van der Waals surface area contributed by atoms with Crippen molar-refractivity contribution in [1.82, 2.24) is 14.9 Å². The van der Waals surface area contributed by atoms with Gasteiger partial charge in [0.1, 0.15) is 23.2 Å². The topological polar surface area (TPSA) is 102 Å². The molecule has 43 heavy (non-hydrogen) atoms. The number of alkyl halides is 3. The Labute approximate surface area is 248 Å². The van der Waals surface area contributed by atoms with Crippen LogP contribution in [0.2, 0.25) is 0 Å². The van der Waals surface area contributed by atoms with Crippen LogP contribution in [0, 0.1) is 5.92 Å². The number of ether oxygens (including phenoxy) is 1. The number of aromatic amines is 1. The van der Waals surface area contributed by atoms with Gasteiger partial charge in [-0.1, -0.05) is 42.0 Å². The van der Waals surface area contributed by atoms with Crippen LogP contribution in [0.15, 0.2) is 54.2 Å². The highest BCUT2D eigenvalue weighted by Gasteiger charge is 2.50. The molecule has 1 aliphatic heterocycles. The predicted molar refractivity (Wildman–Crippen MR) is 154 cm³/mol. The van der Waals surface area contributed by atoms with Gasteiger partial charge >= 0.3 is 21.7 Å². The molecule has 2 heterocycles. The number of imidazole rings is 1. The molecule has 1 saturated carbocycles. The van der Waals surface area contributed by atoms with E-state index in [1.807, 2.05) is 58.0 Å². The molecular weight excluding hydrogens is 583 g/mol. The van der Waals surface area contributed by atoms with E-state index in [1.54, 1.807) is 17.2 Å². The molecule has 3 aliphatic rings. The number of aromatic nitrogens is 2. The van der Waals surface area contributed by atoms with Crippen LogP contribution in [0.1, 0.15) is 69.4 Å². The van der Waals surface area contributed by atoms with E-state index in [9.17, 15) is 26.4 Å². The molecule has 12 heteroatoms. The zero-order chi connectivity index (χ0) is 30.9. The Hall–Kier alpha value is -3.80. The van der Waals surface area contributed by atoms with Crippen molar-refractivity contribution in [1.29, 1.82) is 0 Å². The van der Waals surface area contributed by atoms with Crippen LogP contribution in [-0.4, -0.2) is 47.0 Å². The summed E-state index contributed by atoms with van der Waals surface area (Å²) in [5, 5.41) is 0. The lowest BCUT2D eigenvalue weighted by Crippen LogP contribution is -2.37. The molecule has 0 radical (unpaired) electrons. The molecule has 0 spiro atoms. The van der Waals surface area contributed by atoms with Gasteiger partial charge in [0.2, 0.25) is 0 Å². The minimum Gasteiger partial charge on any atom is -0.444 e. The molecule has 1 fully saturated rings. The van der Waals surface area contributed by atoms with Crippen molar-refractivity contribution in [2.75, 3.05) is 6.54 Å². The summed E-state index contributed by atoms with van der Waals surface area (Å²) in [6, 6.07) is 10.3. The summed E-state index contributed by atoms with van der Waals surface area (Å²) in [4.78, 5) is 22.4. The first kappa shape index (κ1) is 29.3. The first-order valence-corrected chi connectivity index (χ1v) is 15.5. The molecule has 1 aromatic heterocycles. The van der Waals surface area contributed by atoms with Crippen molar-refractivity contribution in [3.8, 4) is 28.1 Å². The SMILES string of the molecule is CC1=C[C@@H](c2ncc(-c3ccc(-c4ccc(OS(=O)(=O)C(F)(F)F)c5c4C4CCC4C5)cc3)[nH]2)N(C(=O)OC(C)(C)C)C1. The first-order chi connectivity index (χ1) is 20.1. The summed E-state index contributed by atoms with van der Waals surface area (Å²) in [7, 11) is -5.77. The van der Waals surface area contributed by atoms with Gasteiger partial charge < -0.3 is 13.9 Å². The van der Waals surface area contributed by atoms with Crippen molar-refractivity contribution < 1.29 is 35.3 Å². The van der Waals surface area contributed by atoms with E-state index in [-0.39, 0.29) is 23.6 Å². The number of nitrogens with one attached hydrogen (secondary N) is 1. The number of benzene rings is 2. The van der Waals surface area contributed by atoms with Crippen molar-refractivity contribution in [3.05, 3.63) is 71.2 Å². The molecule has 0 bridgehead atoms. The average Bonchev–Trinajstić information content (AvgIpc) is 3.59. The Balaban J connectivity index is 1.26. The quantitative estimate of drug-likeness (QED) is 0.184. The second-order valence-electron chi connectivity index (χ2n) is 12.5. The second kappa shape index (κ2) is 10.1. The van der Waals surface area contributed by atoms with Gasteiger partial charge in [0.25, 0.3) is 0 Å². The van der Waals surface area contributed by atoms with E-state index in [0.29, 0.717) is 24.4 Å². The van der Waals surface area contributed by atoms with E-state index in [1.165, 1.54) is 6.07 Å². The molecule has 8 nitrogen and oxygen atoms in total. The lowest BCUT2D eigenvalue weighted by molar-refractivity contribution is -0.0500. The lowest BCUT2D eigenvalue weighted by atomic mass is 9.73. The average molecular weight is 616 g/mol. The monoisotopic (exact) mass is 615 g/mol. The second-order valence-corrected chi connectivity index (χ2v) is 14.0. The summed E-state index contributed by atoms with van der Waals surface area (Å²) < 4.78 is 72.8. The number of halogens is 3. The van der Waals surface area contributed by atoms with E-state index >= 15 is 0 Å². The molecule has 6 rings (SSSR count). The minimum absolute atomic E-state index is 0.160. The highest BCUT2D eigenvalue weighted by Crippen LogP contribution is 2.56. The normalized spacial score (nSPS) is 21.6. The molecule has 2 aliphatic carbocycles. The molecule has 2 aromatic carbocycles. The molecule has 3 atom stereocenters. The van der Waals surface area contributed by atoms with Crippen molar-refractivity contribution >= 4 is 16.2 Å².